The van der Waals surface area contributed by atoms with E-state index in [1.54, 1.807) is 0 Å². The minimum Gasteiger partial charge on any atom is -0.417 e. The quantitative estimate of drug-likeness (QED) is 0.447. The average Bonchev–Trinajstić information content (AvgIpc) is 2.12. The predicted octanol–water partition coefficient (Wildman–Crippen LogP) is 6.00. The van der Waals surface area contributed by atoms with Crippen LogP contribution in [0.2, 0.25) is 36.3 Å². The summed E-state index contributed by atoms with van der Waals surface area (Å²) in [5.74, 6) is 0. The highest BCUT2D eigenvalue weighted by molar-refractivity contribution is 6.84. The molecule has 0 aliphatic carbocycles. The van der Waals surface area contributed by atoms with Crippen molar-refractivity contribution in [2.75, 3.05) is 6.61 Å². The molecule has 1 nitrogen and oxygen atoms in total. The van der Waals surface area contributed by atoms with Gasteiger partial charge in [0.15, 0.2) is 8.32 Å². The molecule has 0 fully saturated rings. The Labute approximate surface area is 124 Å². The third-order valence-corrected chi connectivity index (χ3v) is 14.5. The van der Waals surface area contributed by atoms with E-state index in [2.05, 4.69) is 79.5 Å². The van der Waals surface area contributed by atoms with Gasteiger partial charge in [-0.05, 0) is 29.6 Å². The smallest absolute Gasteiger partial charge is 0.191 e. The zero-order chi connectivity index (χ0) is 15.5. The average molecular weight is 301 g/mol. The van der Waals surface area contributed by atoms with E-state index in [0.717, 1.165) is 13.0 Å². The van der Waals surface area contributed by atoms with Crippen LogP contribution in [-0.4, -0.2) is 23.0 Å². The van der Waals surface area contributed by atoms with Gasteiger partial charge in [0, 0.05) is 6.61 Å². The lowest BCUT2D eigenvalue weighted by atomic mass is 10.2. The maximum atomic E-state index is 6.20. The predicted molar refractivity (Wildman–Crippen MR) is 94.1 cm³/mol. The van der Waals surface area contributed by atoms with Crippen molar-refractivity contribution in [1.29, 1.82) is 0 Å². The van der Waals surface area contributed by atoms with Crippen molar-refractivity contribution in [3.8, 4) is 0 Å². The second kappa shape index (κ2) is 6.27. The van der Waals surface area contributed by atoms with Gasteiger partial charge >= 0.3 is 0 Å². The Morgan fingerprint density at radius 1 is 0.842 bits per heavy atom. The van der Waals surface area contributed by atoms with Crippen LogP contribution in [-0.2, 0) is 4.43 Å². The third kappa shape index (κ3) is 5.96. The van der Waals surface area contributed by atoms with Gasteiger partial charge in [-0.3, -0.25) is 0 Å². The van der Waals surface area contributed by atoms with E-state index in [1.807, 2.05) is 0 Å². The van der Waals surface area contributed by atoms with Crippen LogP contribution in [0.15, 0.2) is 11.8 Å². The van der Waals surface area contributed by atoms with Crippen LogP contribution in [0.4, 0.5) is 0 Å². The molecule has 0 heterocycles. The zero-order valence-electron chi connectivity index (χ0n) is 15.0. The van der Waals surface area contributed by atoms with Gasteiger partial charge in [0.1, 0.15) is 0 Å². The van der Waals surface area contributed by atoms with E-state index >= 15 is 0 Å². The SMILES string of the molecule is CC(C)(C)[Si](C)(C)/C=C\CCO[Si](C)(C)C(C)(C)C. The highest BCUT2D eigenvalue weighted by Crippen LogP contribution is 2.37. The van der Waals surface area contributed by atoms with Crippen LogP contribution in [0, 0.1) is 0 Å². The summed E-state index contributed by atoms with van der Waals surface area (Å²) in [6, 6.07) is 0. The van der Waals surface area contributed by atoms with Crippen molar-refractivity contribution in [1.82, 2.24) is 0 Å². The Hall–Kier alpha value is 0.134. The molecule has 19 heavy (non-hydrogen) atoms. The van der Waals surface area contributed by atoms with Gasteiger partial charge in [0.05, 0.1) is 8.07 Å². The molecule has 0 amide bonds. The molecule has 0 rings (SSSR count). The van der Waals surface area contributed by atoms with Gasteiger partial charge in [0.25, 0.3) is 0 Å². The summed E-state index contributed by atoms with van der Waals surface area (Å²) in [5, 5.41) is 0.750. The third-order valence-electron chi connectivity index (χ3n) is 5.02. The fourth-order valence-corrected chi connectivity index (χ4v) is 3.54. The van der Waals surface area contributed by atoms with Crippen LogP contribution in [0.1, 0.15) is 48.0 Å². The fourth-order valence-electron chi connectivity index (χ4n) is 1.23. The second-order valence-corrected chi connectivity index (χ2v) is 18.9. The Morgan fingerprint density at radius 2 is 1.32 bits per heavy atom. The molecule has 0 aromatic heterocycles. The van der Waals surface area contributed by atoms with Crippen molar-refractivity contribution in [2.45, 2.75) is 84.2 Å². The lowest BCUT2D eigenvalue weighted by Crippen LogP contribution is -2.40. The van der Waals surface area contributed by atoms with Gasteiger partial charge < -0.3 is 4.43 Å². The highest BCUT2D eigenvalue weighted by atomic mass is 28.4. The van der Waals surface area contributed by atoms with E-state index in [4.69, 9.17) is 4.43 Å². The summed E-state index contributed by atoms with van der Waals surface area (Å²) < 4.78 is 6.20. The molecular formula is C16H36OSi2. The molecule has 0 bridgehead atoms. The minimum atomic E-state index is -1.56. The molecule has 114 valence electrons. The van der Waals surface area contributed by atoms with Gasteiger partial charge in [-0.1, -0.05) is 66.4 Å². The lowest BCUT2D eigenvalue weighted by Gasteiger charge is -2.36. The Kier molecular flexibility index (Phi) is 6.32. The van der Waals surface area contributed by atoms with E-state index in [1.165, 1.54) is 0 Å². The van der Waals surface area contributed by atoms with E-state index < -0.39 is 16.4 Å². The van der Waals surface area contributed by atoms with Crippen LogP contribution < -0.4 is 0 Å². The molecule has 0 aliphatic rings. The molecular weight excluding hydrogens is 264 g/mol. The molecule has 0 radical (unpaired) electrons. The molecule has 0 aliphatic heterocycles. The number of rotatable bonds is 5. The van der Waals surface area contributed by atoms with Crippen LogP contribution in [0.3, 0.4) is 0 Å². The summed E-state index contributed by atoms with van der Waals surface area (Å²) in [5.41, 5.74) is 2.49. The number of hydrogen-bond acceptors (Lipinski definition) is 1. The zero-order valence-corrected chi connectivity index (χ0v) is 17.0. The first-order valence-electron chi connectivity index (χ1n) is 7.52. The van der Waals surface area contributed by atoms with Gasteiger partial charge in [0.2, 0.25) is 0 Å². The van der Waals surface area contributed by atoms with E-state index in [0.29, 0.717) is 10.1 Å². The van der Waals surface area contributed by atoms with Crippen molar-refractivity contribution < 1.29 is 4.43 Å². The Morgan fingerprint density at radius 3 is 1.68 bits per heavy atom. The molecule has 0 spiro atoms. The first-order chi connectivity index (χ1) is 8.21. The monoisotopic (exact) mass is 300 g/mol. The molecule has 0 unspecified atom stereocenters. The van der Waals surface area contributed by atoms with E-state index in [9.17, 15) is 0 Å². The summed E-state index contributed by atoms with van der Waals surface area (Å²) in [7, 11) is -2.82. The van der Waals surface area contributed by atoms with Gasteiger partial charge in [-0.15, -0.1) is 0 Å². The summed E-state index contributed by atoms with van der Waals surface area (Å²) in [6.45, 7) is 24.4. The van der Waals surface area contributed by atoms with Gasteiger partial charge in [-0.2, -0.15) is 0 Å². The molecule has 0 aromatic carbocycles. The largest absolute Gasteiger partial charge is 0.417 e. The van der Waals surface area contributed by atoms with Crippen molar-refractivity contribution in [2.24, 2.45) is 0 Å². The molecule has 3 heteroatoms. The topological polar surface area (TPSA) is 9.23 Å². The Balaban J connectivity index is 4.27. The summed E-state index contributed by atoms with van der Waals surface area (Å²) in [6.07, 6.45) is 3.41. The standard InChI is InChI=1S/C16H36OSi2/c1-15(2,3)18(7,8)14-12-11-13-17-19(9,10)16(4,5)6/h12,14H,11,13H2,1-10H3/b14-12-. The number of hydrogen-bond donors (Lipinski definition) is 0. The van der Waals surface area contributed by atoms with Crippen LogP contribution in [0.5, 0.6) is 0 Å². The first kappa shape index (κ1) is 19.1. The first-order valence-corrected chi connectivity index (χ1v) is 13.5. The minimum absolute atomic E-state index is 0.316. The molecule has 0 atom stereocenters. The maximum absolute atomic E-state index is 6.20. The second-order valence-electron chi connectivity index (χ2n) is 8.77. The van der Waals surface area contributed by atoms with Crippen molar-refractivity contribution >= 4 is 16.4 Å². The van der Waals surface area contributed by atoms with Crippen molar-refractivity contribution in [3.63, 3.8) is 0 Å². The normalized spacial score (nSPS) is 15.3. The lowest BCUT2D eigenvalue weighted by molar-refractivity contribution is 0.294. The van der Waals surface area contributed by atoms with Crippen LogP contribution in [0.25, 0.3) is 0 Å². The Bertz CT molecular complexity index is 304. The van der Waals surface area contributed by atoms with Crippen molar-refractivity contribution in [3.05, 3.63) is 11.8 Å². The summed E-state index contributed by atoms with van der Waals surface area (Å²) in [4.78, 5) is 0. The highest BCUT2D eigenvalue weighted by Gasteiger charge is 2.36. The van der Waals surface area contributed by atoms with E-state index in [-0.39, 0.29) is 0 Å². The van der Waals surface area contributed by atoms with Gasteiger partial charge in [-0.25, -0.2) is 0 Å². The molecule has 0 N–H and O–H groups in total. The summed E-state index contributed by atoms with van der Waals surface area (Å²) >= 11 is 0. The molecule has 0 saturated carbocycles. The molecule has 0 saturated heterocycles. The molecule has 0 aromatic rings. The fraction of sp³-hybridized carbons (Fsp3) is 0.875. The maximum Gasteiger partial charge on any atom is 0.191 e. The van der Waals surface area contributed by atoms with Crippen LogP contribution >= 0.6 is 0 Å².